The van der Waals surface area contributed by atoms with Gasteiger partial charge in [-0.2, -0.15) is 4.68 Å². The van der Waals surface area contributed by atoms with Crippen LogP contribution < -0.4 is 5.56 Å². The van der Waals surface area contributed by atoms with Crippen molar-refractivity contribution >= 4 is 17.6 Å². The molecule has 0 bridgehead atoms. The zero-order chi connectivity index (χ0) is 24.1. The molecular weight excluding hydrogens is 474 g/mol. The molecular formula is C23H16ClN7O4. The Hall–Kier alpha value is -4.51. The van der Waals surface area contributed by atoms with Crippen LogP contribution in [0.1, 0.15) is 34.5 Å². The lowest BCUT2D eigenvalue weighted by atomic mass is 10.0. The molecule has 174 valence electrons. The van der Waals surface area contributed by atoms with Crippen molar-refractivity contribution in [1.82, 2.24) is 34.7 Å². The molecule has 0 unspecified atom stereocenters. The monoisotopic (exact) mass is 489 g/mol. The van der Waals surface area contributed by atoms with E-state index in [2.05, 4.69) is 25.5 Å². The first-order valence-corrected chi connectivity index (χ1v) is 11.0. The summed E-state index contributed by atoms with van der Waals surface area (Å²) in [4.78, 5) is 32.0. The van der Waals surface area contributed by atoms with Gasteiger partial charge in [0.05, 0.1) is 17.9 Å². The van der Waals surface area contributed by atoms with Crippen LogP contribution in [0.25, 0.3) is 28.3 Å². The van der Waals surface area contributed by atoms with Crippen LogP contribution in [0.4, 0.5) is 0 Å². The highest BCUT2D eigenvalue weighted by Gasteiger charge is 2.28. The van der Waals surface area contributed by atoms with Crippen molar-refractivity contribution in [3.05, 3.63) is 87.6 Å². The van der Waals surface area contributed by atoms with E-state index in [4.69, 9.17) is 21.1 Å². The van der Waals surface area contributed by atoms with Crippen molar-refractivity contribution in [2.45, 2.75) is 18.9 Å². The molecule has 5 heterocycles. The number of aryl methyl sites for hydroxylation is 1. The van der Waals surface area contributed by atoms with Crippen molar-refractivity contribution in [3.63, 3.8) is 0 Å². The minimum Gasteiger partial charge on any atom is -0.475 e. The number of furan rings is 1. The summed E-state index contributed by atoms with van der Waals surface area (Å²) in [5, 5.41) is 21.0. The topological polar surface area (TPSA) is 145 Å². The lowest BCUT2D eigenvalue weighted by Gasteiger charge is -2.15. The number of halogens is 1. The van der Waals surface area contributed by atoms with Crippen molar-refractivity contribution < 1.29 is 14.3 Å². The smallest absolute Gasteiger partial charge is 0.371 e. The molecule has 0 radical (unpaired) electrons. The van der Waals surface area contributed by atoms with Gasteiger partial charge in [0, 0.05) is 22.3 Å². The van der Waals surface area contributed by atoms with Crippen molar-refractivity contribution in [3.8, 4) is 28.3 Å². The number of hydrogen-bond donors (Lipinski definition) is 2. The van der Waals surface area contributed by atoms with Gasteiger partial charge in [0.15, 0.2) is 5.76 Å². The molecule has 11 nitrogen and oxygen atoms in total. The van der Waals surface area contributed by atoms with Gasteiger partial charge in [-0.3, -0.25) is 4.79 Å². The molecule has 1 aliphatic heterocycles. The molecule has 0 amide bonds. The SMILES string of the molecule is O=C(O)c1ccc(-c2cnc([C@@H]3CCc4cc(-c5cc(Cl)ccc5-n5cnnn5)cc(=O)n43)[nH]2)o1. The molecule has 0 aliphatic carbocycles. The van der Waals surface area contributed by atoms with E-state index in [1.165, 1.54) is 17.1 Å². The average Bonchev–Trinajstić information content (AvgIpc) is 3.64. The number of carbonyl (C=O) groups is 1. The minimum atomic E-state index is -1.15. The fraction of sp³-hybridized carbons (Fsp3) is 0.130. The Morgan fingerprint density at radius 1 is 1.20 bits per heavy atom. The summed E-state index contributed by atoms with van der Waals surface area (Å²) in [6.07, 6.45) is 4.41. The second-order valence-electron chi connectivity index (χ2n) is 8.07. The van der Waals surface area contributed by atoms with Crippen LogP contribution in [0.2, 0.25) is 5.02 Å². The van der Waals surface area contributed by atoms with Gasteiger partial charge < -0.3 is 19.1 Å². The molecule has 1 aliphatic rings. The van der Waals surface area contributed by atoms with Crippen LogP contribution in [-0.4, -0.2) is 45.8 Å². The van der Waals surface area contributed by atoms with E-state index in [-0.39, 0.29) is 17.4 Å². The van der Waals surface area contributed by atoms with E-state index in [1.807, 2.05) is 6.07 Å². The third kappa shape index (κ3) is 3.62. The fourth-order valence-electron chi connectivity index (χ4n) is 4.45. The Bertz CT molecular complexity index is 1630. The Kier molecular flexibility index (Phi) is 4.85. The third-order valence-corrected chi connectivity index (χ3v) is 6.23. The van der Waals surface area contributed by atoms with Crippen LogP contribution in [0.5, 0.6) is 0 Å². The summed E-state index contributed by atoms with van der Waals surface area (Å²) in [6, 6.07) is 11.5. The number of tetrazole rings is 1. The summed E-state index contributed by atoms with van der Waals surface area (Å²) in [5.41, 5.74) is 3.38. The van der Waals surface area contributed by atoms with E-state index < -0.39 is 5.97 Å². The van der Waals surface area contributed by atoms with Crippen molar-refractivity contribution in [2.24, 2.45) is 0 Å². The maximum absolute atomic E-state index is 13.3. The zero-order valence-corrected chi connectivity index (χ0v) is 18.7. The minimum absolute atomic E-state index is 0.159. The first kappa shape index (κ1) is 21.1. The van der Waals surface area contributed by atoms with Crippen LogP contribution >= 0.6 is 11.6 Å². The van der Waals surface area contributed by atoms with Crippen molar-refractivity contribution in [2.75, 3.05) is 0 Å². The van der Waals surface area contributed by atoms with Crippen LogP contribution in [0.15, 0.2) is 64.2 Å². The first-order valence-electron chi connectivity index (χ1n) is 10.6. The molecule has 2 N–H and O–H groups in total. The first-order chi connectivity index (χ1) is 17.0. The zero-order valence-electron chi connectivity index (χ0n) is 17.9. The molecule has 0 fully saturated rings. The normalized spacial score (nSPS) is 14.8. The molecule has 12 heteroatoms. The van der Waals surface area contributed by atoms with E-state index in [9.17, 15) is 9.59 Å². The number of fused-ring (bicyclic) bond motifs is 1. The van der Waals surface area contributed by atoms with E-state index in [0.29, 0.717) is 46.4 Å². The molecule has 0 saturated heterocycles. The molecule has 35 heavy (non-hydrogen) atoms. The molecule has 4 aromatic heterocycles. The maximum Gasteiger partial charge on any atom is 0.371 e. The number of nitrogens with one attached hydrogen (secondary N) is 1. The third-order valence-electron chi connectivity index (χ3n) is 5.99. The number of benzene rings is 1. The second kappa shape index (κ2) is 8.06. The second-order valence-corrected chi connectivity index (χ2v) is 8.50. The van der Waals surface area contributed by atoms with Gasteiger partial charge >= 0.3 is 5.97 Å². The van der Waals surface area contributed by atoms with Gasteiger partial charge in [-0.15, -0.1) is 5.10 Å². The summed E-state index contributed by atoms with van der Waals surface area (Å²) < 4.78 is 8.59. The maximum atomic E-state index is 13.3. The Labute approximate surface area is 201 Å². The van der Waals surface area contributed by atoms with Crippen LogP contribution in [-0.2, 0) is 6.42 Å². The number of carboxylic acids is 1. The quantitative estimate of drug-likeness (QED) is 0.382. The van der Waals surface area contributed by atoms with E-state index in [1.54, 1.807) is 41.1 Å². The summed E-state index contributed by atoms with van der Waals surface area (Å²) >= 11 is 6.26. The van der Waals surface area contributed by atoms with Gasteiger partial charge in [0.1, 0.15) is 17.8 Å². The van der Waals surface area contributed by atoms with E-state index in [0.717, 1.165) is 11.3 Å². The fourth-order valence-corrected chi connectivity index (χ4v) is 4.62. The molecule has 5 aromatic rings. The number of pyridine rings is 1. The lowest BCUT2D eigenvalue weighted by molar-refractivity contribution is 0.0663. The van der Waals surface area contributed by atoms with Crippen LogP contribution in [0.3, 0.4) is 0 Å². The van der Waals surface area contributed by atoms with Crippen LogP contribution in [0, 0.1) is 0 Å². The summed E-state index contributed by atoms with van der Waals surface area (Å²) in [7, 11) is 0. The highest BCUT2D eigenvalue weighted by atomic mass is 35.5. The van der Waals surface area contributed by atoms with Gasteiger partial charge in [-0.05, 0) is 65.2 Å². The number of aromatic amines is 1. The highest BCUT2D eigenvalue weighted by molar-refractivity contribution is 6.31. The van der Waals surface area contributed by atoms with Crippen molar-refractivity contribution in [1.29, 1.82) is 0 Å². The summed E-state index contributed by atoms with van der Waals surface area (Å²) in [5.74, 6) is -0.351. The number of aromatic nitrogens is 7. The number of H-pyrrole nitrogens is 1. The van der Waals surface area contributed by atoms with Gasteiger partial charge in [-0.1, -0.05) is 11.6 Å². The number of carboxylic acid groups (broad SMARTS) is 1. The number of rotatable bonds is 5. The predicted octanol–water partition coefficient (Wildman–Crippen LogP) is 3.36. The molecule has 0 saturated carbocycles. The number of imidazole rings is 1. The Balaban J connectivity index is 1.37. The van der Waals surface area contributed by atoms with Gasteiger partial charge in [-0.25, -0.2) is 9.78 Å². The molecule has 1 aromatic carbocycles. The molecule has 1 atom stereocenters. The largest absolute Gasteiger partial charge is 0.475 e. The predicted molar refractivity (Wildman–Crippen MR) is 124 cm³/mol. The lowest BCUT2D eigenvalue weighted by Crippen LogP contribution is -2.23. The number of nitrogens with zero attached hydrogens (tertiary/aromatic N) is 6. The van der Waals surface area contributed by atoms with Gasteiger partial charge in [0.25, 0.3) is 5.56 Å². The Morgan fingerprint density at radius 2 is 2.09 bits per heavy atom. The standard InChI is InChI=1S/C23H16ClN7O4/c24-13-1-3-17(30-11-26-28-29-30)15(9-13)12-7-14-2-4-18(31(14)21(32)8-12)22-25-10-16(27-22)19-5-6-20(35-19)23(33)34/h1,3,5-11,18H,2,4H2,(H,25,27)(H,33,34)/t18-/m0/s1. The molecule has 0 spiro atoms. The Morgan fingerprint density at radius 3 is 2.86 bits per heavy atom. The summed E-state index contributed by atoms with van der Waals surface area (Å²) in [6.45, 7) is 0. The highest BCUT2D eigenvalue weighted by Crippen LogP contribution is 2.34. The molecule has 6 rings (SSSR count). The van der Waals surface area contributed by atoms with Gasteiger partial charge in [0.2, 0.25) is 5.76 Å². The van der Waals surface area contributed by atoms with E-state index >= 15 is 0 Å². The number of aromatic carboxylic acids is 1. The average molecular weight is 490 g/mol. The number of hydrogen-bond acceptors (Lipinski definition) is 7.